The fourth-order valence-electron chi connectivity index (χ4n) is 2.28. The molecular weight excluding hydrogens is 324 g/mol. The van der Waals surface area contributed by atoms with Crippen LogP contribution in [0.3, 0.4) is 0 Å². The fraction of sp³-hybridized carbons (Fsp3) is 0.143. The van der Waals surface area contributed by atoms with Crippen LogP contribution in [-0.4, -0.2) is 18.3 Å². The second kappa shape index (κ2) is 9.22. The maximum absolute atomic E-state index is 10.4. The zero-order valence-electron chi connectivity index (χ0n) is 15.3. The Balaban J connectivity index is 0.000000189. The van der Waals surface area contributed by atoms with E-state index in [-0.39, 0.29) is 5.70 Å². The number of para-hydroxylation sites is 2. The van der Waals surface area contributed by atoms with Gasteiger partial charge in [-0.25, -0.2) is 4.98 Å². The van der Waals surface area contributed by atoms with Crippen molar-refractivity contribution in [1.29, 1.82) is 0 Å². The monoisotopic (exact) mass is 348 g/mol. The third-order valence-electron chi connectivity index (χ3n) is 3.88. The highest BCUT2D eigenvalue weighted by Crippen LogP contribution is 2.15. The van der Waals surface area contributed by atoms with Crippen molar-refractivity contribution >= 4 is 28.7 Å². The predicted molar refractivity (Wildman–Crippen MR) is 109 cm³/mol. The molecule has 0 saturated heterocycles. The quantitative estimate of drug-likeness (QED) is 0.489. The third kappa shape index (κ3) is 5.08. The van der Waals surface area contributed by atoms with Gasteiger partial charge in [0.2, 0.25) is 0 Å². The van der Waals surface area contributed by atoms with E-state index in [9.17, 15) is 4.79 Å². The predicted octanol–water partition coefficient (Wildman–Crippen LogP) is 4.07. The number of anilines is 2. The summed E-state index contributed by atoms with van der Waals surface area (Å²) >= 11 is 0. The molecule has 134 valence electrons. The Morgan fingerprint density at radius 2 is 1.73 bits per heavy atom. The van der Waals surface area contributed by atoms with Gasteiger partial charge in [0.05, 0.1) is 11.2 Å². The Bertz CT molecular complexity index is 919. The van der Waals surface area contributed by atoms with Gasteiger partial charge in [0, 0.05) is 23.8 Å². The summed E-state index contributed by atoms with van der Waals surface area (Å²) in [6.45, 7) is 3.77. The third-order valence-corrected chi connectivity index (χ3v) is 3.88. The molecule has 0 aliphatic carbocycles. The van der Waals surface area contributed by atoms with Gasteiger partial charge in [-0.3, -0.25) is 4.79 Å². The lowest BCUT2D eigenvalue weighted by atomic mass is 10.2. The largest absolute Gasteiger partial charge is 0.395 e. The van der Waals surface area contributed by atoms with Gasteiger partial charge in [0.15, 0.2) is 6.29 Å². The van der Waals surface area contributed by atoms with Crippen LogP contribution in [0.2, 0.25) is 0 Å². The Hall–Kier alpha value is -3.34. The van der Waals surface area contributed by atoms with E-state index in [0.29, 0.717) is 12.0 Å². The number of nitrogens with zero attached hydrogens (tertiary/aromatic N) is 1. The number of rotatable bonds is 4. The molecule has 3 aromatic rings. The lowest BCUT2D eigenvalue weighted by Crippen LogP contribution is -2.08. The number of aldehydes is 1. The molecule has 1 aromatic heterocycles. The van der Waals surface area contributed by atoms with Crippen molar-refractivity contribution in [1.82, 2.24) is 4.98 Å². The van der Waals surface area contributed by atoms with Gasteiger partial charge in [0.1, 0.15) is 5.82 Å². The van der Waals surface area contributed by atoms with Crippen LogP contribution >= 0.6 is 0 Å². The van der Waals surface area contributed by atoms with Gasteiger partial charge in [0.25, 0.3) is 0 Å². The first-order chi connectivity index (χ1) is 12.5. The van der Waals surface area contributed by atoms with Crippen LogP contribution in [0.1, 0.15) is 12.5 Å². The lowest BCUT2D eigenvalue weighted by Gasteiger charge is -2.09. The molecule has 0 amide bonds. The Morgan fingerprint density at radius 3 is 2.42 bits per heavy atom. The second-order valence-corrected chi connectivity index (χ2v) is 5.78. The number of aryl methyl sites for hydroxylation is 1. The number of pyridine rings is 1. The summed E-state index contributed by atoms with van der Waals surface area (Å²) in [5.41, 5.74) is 9.48. The van der Waals surface area contributed by atoms with Crippen LogP contribution < -0.4 is 16.4 Å². The first kappa shape index (κ1) is 19.0. The van der Waals surface area contributed by atoms with Crippen LogP contribution in [-0.2, 0) is 4.79 Å². The molecule has 4 N–H and O–H groups in total. The average Bonchev–Trinajstić information content (AvgIpc) is 2.69. The molecule has 1 heterocycles. The van der Waals surface area contributed by atoms with Crippen molar-refractivity contribution in [2.24, 2.45) is 5.73 Å². The number of fused-ring (bicyclic) bond motifs is 1. The van der Waals surface area contributed by atoms with Crippen LogP contribution in [0.4, 0.5) is 11.5 Å². The standard InChI is InChI=1S/C11H14N2O.C10H10N2/c1-8-5-3-4-6-11(8)13-9(2)10(12)7-14;1-11-10-7-6-8-4-2-3-5-9(8)12-10/h3-7,13H,12H2,1-2H3;2-7H,1H3,(H,11,12)/b10-9-;. The molecule has 0 aliphatic heterocycles. The SMILES string of the molecule is C/C(Nc1ccccc1C)=C(/N)C=O.CNc1ccc2ccccc2n1. The molecule has 5 heteroatoms. The van der Waals surface area contributed by atoms with Crippen molar-refractivity contribution in [3.8, 4) is 0 Å². The fourth-order valence-corrected chi connectivity index (χ4v) is 2.28. The van der Waals surface area contributed by atoms with Crippen LogP contribution in [0.15, 0.2) is 72.1 Å². The molecule has 2 aromatic carbocycles. The number of hydrogen-bond donors (Lipinski definition) is 3. The highest BCUT2D eigenvalue weighted by Gasteiger charge is 1.99. The van der Waals surface area contributed by atoms with Gasteiger partial charge >= 0.3 is 0 Å². The van der Waals surface area contributed by atoms with E-state index in [4.69, 9.17) is 5.73 Å². The van der Waals surface area contributed by atoms with Crippen molar-refractivity contribution in [3.63, 3.8) is 0 Å². The molecule has 0 atom stereocenters. The molecule has 0 radical (unpaired) electrons. The molecule has 0 saturated carbocycles. The van der Waals surface area contributed by atoms with Gasteiger partial charge < -0.3 is 16.4 Å². The number of aromatic nitrogens is 1. The molecule has 3 rings (SSSR count). The number of carbonyl (C=O) groups is 1. The van der Waals surface area contributed by atoms with Crippen LogP contribution in [0.5, 0.6) is 0 Å². The summed E-state index contributed by atoms with van der Waals surface area (Å²) in [6.07, 6.45) is 0.639. The molecule has 5 nitrogen and oxygen atoms in total. The molecule has 0 bridgehead atoms. The maximum atomic E-state index is 10.4. The van der Waals surface area contributed by atoms with Gasteiger partial charge in [-0.15, -0.1) is 0 Å². The highest BCUT2D eigenvalue weighted by atomic mass is 16.1. The van der Waals surface area contributed by atoms with Gasteiger partial charge in [-0.2, -0.15) is 0 Å². The van der Waals surface area contributed by atoms with E-state index < -0.39 is 0 Å². The topological polar surface area (TPSA) is 80.0 Å². The summed E-state index contributed by atoms with van der Waals surface area (Å²) in [7, 11) is 1.87. The van der Waals surface area contributed by atoms with E-state index in [2.05, 4.69) is 27.8 Å². The Morgan fingerprint density at radius 1 is 1.04 bits per heavy atom. The maximum Gasteiger partial charge on any atom is 0.167 e. The van der Waals surface area contributed by atoms with Crippen LogP contribution in [0, 0.1) is 6.92 Å². The summed E-state index contributed by atoms with van der Waals surface area (Å²) in [5.74, 6) is 0.911. The minimum Gasteiger partial charge on any atom is -0.395 e. The molecule has 0 aliphatic rings. The van der Waals surface area contributed by atoms with E-state index in [1.807, 2.05) is 62.5 Å². The highest BCUT2D eigenvalue weighted by molar-refractivity contribution is 5.80. The van der Waals surface area contributed by atoms with E-state index >= 15 is 0 Å². The molecule has 26 heavy (non-hydrogen) atoms. The number of hydrogen-bond acceptors (Lipinski definition) is 5. The zero-order valence-corrected chi connectivity index (χ0v) is 15.3. The summed E-state index contributed by atoms with van der Waals surface area (Å²) in [6, 6.07) is 19.9. The summed E-state index contributed by atoms with van der Waals surface area (Å²) < 4.78 is 0. The van der Waals surface area contributed by atoms with Crippen molar-refractivity contribution < 1.29 is 4.79 Å². The average molecular weight is 348 g/mol. The number of benzene rings is 2. The van der Waals surface area contributed by atoms with Crippen molar-refractivity contribution in [2.75, 3.05) is 17.7 Å². The van der Waals surface area contributed by atoms with E-state index in [1.165, 1.54) is 5.39 Å². The summed E-state index contributed by atoms with van der Waals surface area (Å²) in [4.78, 5) is 14.8. The number of nitrogens with one attached hydrogen (secondary N) is 2. The zero-order chi connectivity index (χ0) is 18.9. The Kier molecular flexibility index (Phi) is 6.74. The minimum atomic E-state index is 0.230. The summed E-state index contributed by atoms with van der Waals surface area (Å²) in [5, 5.41) is 7.27. The van der Waals surface area contributed by atoms with Crippen molar-refractivity contribution in [2.45, 2.75) is 13.8 Å². The molecular formula is C21H24N4O. The normalized spacial score (nSPS) is 11.0. The number of nitrogens with two attached hydrogens (primary N) is 1. The van der Waals surface area contributed by atoms with Crippen LogP contribution in [0.25, 0.3) is 10.9 Å². The number of allylic oxidation sites excluding steroid dienone is 2. The lowest BCUT2D eigenvalue weighted by molar-refractivity contribution is -0.105. The molecule has 0 spiro atoms. The number of carbonyl (C=O) groups excluding carboxylic acids is 1. The van der Waals surface area contributed by atoms with E-state index in [0.717, 1.165) is 22.6 Å². The smallest absolute Gasteiger partial charge is 0.167 e. The van der Waals surface area contributed by atoms with Crippen molar-refractivity contribution in [3.05, 3.63) is 77.6 Å². The molecule has 0 fully saturated rings. The first-order valence-electron chi connectivity index (χ1n) is 8.33. The minimum absolute atomic E-state index is 0.230. The Labute approximate surface area is 153 Å². The molecule has 0 unspecified atom stereocenters. The second-order valence-electron chi connectivity index (χ2n) is 5.78. The van der Waals surface area contributed by atoms with E-state index in [1.54, 1.807) is 6.92 Å². The van der Waals surface area contributed by atoms with Gasteiger partial charge in [-0.05, 0) is 43.7 Å². The van der Waals surface area contributed by atoms with Gasteiger partial charge in [-0.1, -0.05) is 36.4 Å². The first-order valence-corrected chi connectivity index (χ1v) is 8.33.